The van der Waals surface area contributed by atoms with Gasteiger partial charge in [0, 0.05) is 36.8 Å². The van der Waals surface area contributed by atoms with Gasteiger partial charge in [-0.25, -0.2) is 0 Å². The van der Waals surface area contributed by atoms with E-state index in [4.69, 9.17) is 4.74 Å². The first-order chi connectivity index (χ1) is 17.3. The van der Waals surface area contributed by atoms with Crippen LogP contribution in [0.2, 0.25) is 0 Å². The van der Waals surface area contributed by atoms with Crippen LogP contribution in [-0.2, 0) is 9.53 Å². The van der Waals surface area contributed by atoms with E-state index in [0.29, 0.717) is 12.8 Å². The van der Waals surface area contributed by atoms with Crippen LogP contribution in [0.25, 0.3) is 21.8 Å². The quantitative estimate of drug-likeness (QED) is 0.182. The minimum Gasteiger partial charge on any atom is -0.463 e. The first-order valence-electron chi connectivity index (χ1n) is 12.5. The van der Waals surface area contributed by atoms with Gasteiger partial charge in [0.25, 0.3) is 0 Å². The number of esters is 1. The second-order valence-electron chi connectivity index (χ2n) is 9.85. The van der Waals surface area contributed by atoms with Gasteiger partial charge in [-0.3, -0.25) is 4.79 Å². The van der Waals surface area contributed by atoms with Crippen LogP contribution in [0, 0.1) is 5.41 Å². The van der Waals surface area contributed by atoms with E-state index in [1.807, 2.05) is 13.0 Å². The lowest BCUT2D eigenvalue weighted by molar-refractivity contribution is -0.157. The third-order valence-corrected chi connectivity index (χ3v) is 8.39. The summed E-state index contributed by atoms with van der Waals surface area (Å²) in [7, 11) is 0. The Morgan fingerprint density at radius 3 is 2.17 bits per heavy atom. The molecule has 0 aliphatic rings. The molecule has 0 aliphatic heterocycles. The minimum atomic E-state index is -0.742. The molecule has 4 aromatic rings. The average Bonchev–Trinajstić information content (AvgIpc) is 3.21. The van der Waals surface area contributed by atoms with Crippen molar-refractivity contribution in [3.05, 3.63) is 81.2 Å². The number of aliphatic hydroxyl groups excluding tert-OH is 1. The Morgan fingerprint density at radius 2 is 1.61 bits per heavy atom. The van der Waals surface area contributed by atoms with Crippen LogP contribution in [-0.4, -0.2) is 28.9 Å². The van der Waals surface area contributed by atoms with E-state index in [1.54, 1.807) is 0 Å². The number of carbonyl (C=O) groups excluding carboxylic acids is 1. The number of hydrogen-bond acceptors (Lipinski definition) is 3. The van der Waals surface area contributed by atoms with Crippen LogP contribution in [0.5, 0.6) is 0 Å². The molecule has 0 radical (unpaired) electrons. The number of halogens is 2. The molecule has 0 fully saturated rings. The van der Waals surface area contributed by atoms with Crippen LogP contribution in [0.15, 0.2) is 75.7 Å². The van der Waals surface area contributed by atoms with Gasteiger partial charge in [-0.05, 0) is 68.9 Å². The molecule has 0 saturated heterocycles. The molecule has 3 unspecified atom stereocenters. The fourth-order valence-electron chi connectivity index (χ4n) is 5.58. The molecule has 0 bridgehead atoms. The number of ether oxygens (including phenoxy) is 1. The molecular formula is C30H33Br2NO3. The predicted octanol–water partition coefficient (Wildman–Crippen LogP) is 8.40. The van der Waals surface area contributed by atoms with Crippen LogP contribution in [0.1, 0.15) is 57.6 Å². The summed E-state index contributed by atoms with van der Waals surface area (Å²) in [5, 5.41) is 11.8. The lowest BCUT2D eigenvalue weighted by atomic mass is 9.73. The summed E-state index contributed by atoms with van der Waals surface area (Å²) < 4.78 is 9.97. The molecule has 3 atom stereocenters. The van der Waals surface area contributed by atoms with Crippen LogP contribution in [0.3, 0.4) is 0 Å². The summed E-state index contributed by atoms with van der Waals surface area (Å²) in [4.78, 5) is 13.5. The Kier molecular flexibility index (Phi) is 8.59. The van der Waals surface area contributed by atoms with Crippen molar-refractivity contribution in [2.75, 3.05) is 13.2 Å². The number of hydrogen-bond donors (Lipinski definition) is 1. The number of fused-ring (bicyclic) bond motifs is 3. The Hall–Kier alpha value is -2.15. The number of aliphatic hydroxyl groups is 1. The van der Waals surface area contributed by atoms with Gasteiger partial charge in [-0.1, -0.05) is 81.2 Å². The highest BCUT2D eigenvalue weighted by atomic mass is 79.9. The maximum atomic E-state index is 13.5. The van der Waals surface area contributed by atoms with Gasteiger partial charge in [0.2, 0.25) is 0 Å². The van der Waals surface area contributed by atoms with E-state index in [1.165, 1.54) is 27.4 Å². The standard InChI is InChI=1S/C30H33Br2NO3/c1-4-21(23-14-13-22(31)17-26(23)32)19-30(3,29(35)36-16-15-34)18-20(2)33-27-11-7-5-9-24(27)25-10-6-8-12-28(25)33/h5-14,17,20-21,34H,4,15-16,18-19H2,1-3H3. The van der Waals surface area contributed by atoms with Crippen molar-refractivity contribution in [1.29, 1.82) is 0 Å². The van der Waals surface area contributed by atoms with Gasteiger partial charge in [0.15, 0.2) is 0 Å². The lowest BCUT2D eigenvalue weighted by Gasteiger charge is -2.34. The summed E-state index contributed by atoms with van der Waals surface area (Å²) in [5.74, 6) is -0.0830. The van der Waals surface area contributed by atoms with Gasteiger partial charge in [-0.15, -0.1) is 0 Å². The van der Waals surface area contributed by atoms with Crippen molar-refractivity contribution in [3.63, 3.8) is 0 Å². The third-order valence-electron chi connectivity index (χ3n) is 7.21. The van der Waals surface area contributed by atoms with Crippen LogP contribution < -0.4 is 0 Å². The molecule has 6 heteroatoms. The second-order valence-corrected chi connectivity index (χ2v) is 11.6. The van der Waals surface area contributed by atoms with Crippen molar-refractivity contribution in [2.24, 2.45) is 5.41 Å². The number of para-hydroxylation sites is 2. The fraction of sp³-hybridized carbons (Fsp3) is 0.367. The zero-order valence-electron chi connectivity index (χ0n) is 21.0. The molecule has 0 saturated carbocycles. The second kappa shape index (κ2) is 11.5. The number of rotatable bonds is 10. The molecule has 1 heterocycles. The maximum Gasteiger partial charge on any atom is 0.311 e. The normalized spacial score (nSPS) is 15.1. The van der Waals surface area contributed by atoms with E-state index in [0.717, 1.165) is 15.4 Å². The molecule has 0 spiro atoms. The van der Waals surface area contributed by atoms with Crippen molar-refractivity contribution in [3.8, 4) is 0 Å². The molecule has 36 heavy (non-hydrogen) atoms. The van der Waals surface area contributed by atoms with Crippen molar-refractivity contribution in [1.82, 2.24) is 4.57 Å². The zero-order chi connectivity index (χ0) is 25.9. The van der Waals surface area contributed by atoms with E-state index in [2.05, 4.69) is 111 Å². The van der Waals surface area contributed by atoms with Crippen LogP contribution in [0.4, 0.5) is 0 Å². The van der Waals surface area contributed by atoms with Gasteiger partial charge in [-0.2, -0.15) is 0 Å². The summed E-state index contributed by atoms with van der Waals surface area (Å²) in [5.41, 5.74) is 2.78. The van der Waals surface area contributed by atoms with E-state index < -0.39 is 5.41 Å². The van der Waals surface area contributed by atoms with E-state index >= 15 is 0 Å². The number of nitrogens with zero attached hydrogens (tertiary/aromatic N) is 1. The zero-order valence-corrected chi connectivity index (χ0v) is 24.2. The highest BCUT2D eigenvalue weighted by molar-refractivity contribution is 9.11. The third kappa shape index (κ3) is 5.41. The summed E-state index contributed by atoms with van der Waals surface area (Å²) in [6.45, 7) is 6.20. The molecule has 190 valence electrons. The molecule has 3 aromatic carbocycles. The first-order valence-corrected chi connectivity index (χ1v) is 14.1. The minimum absolute atomic E-state index is 0.0109. The van der Waals surface area contributed by atoms with Crippen molar-refractivity contribution >= 4 is 59.6 Å². The predicted molar refractivity (Wildman–Crippen MR) is 154 cm³/mol. The van der Waals surface area contributed by atoms with Crippen molar-refractivity contribution < 1.29 is 14.6 Å². The Labute approximate surface area is 229 Å². The Morgan fingerprint density at radius 1 is 1.00 bits per heavy atom. The smallest absolute Gasteiger partial charge is 0.311 e. The van der Waals surface area contributed by atoms with Gasteiger partial charge < -0.3 is 14.4 Å². The van der Waals surface area contributed by atoms with Gasteiger partial charge in [0.05, 0.1) is 12.0 Å². The summed E-state index contributed by atoms with van der Waals surface area (Å²) in [6.07, 6.45) is 2.16. The molecule has 4 rings (SSSR count). The molecule has 0 amide bonds. The summed E-state index contributed by atoms with van der Waals surface area (Å²) >= 11 is 7.27. The Bertz CT molecular complexity index is 1310. The number of benzene rings is 3. The lowest BCUT2D eigenvalue weighted by Crippen LogP contribution is -2.34. The molecule has 4 nitrogen and oxygen atoms in total. The average molecular weight is 615 g/mol. The van der Waals surface area contributed by atoms with Crippen LogP contribution >= 0.6 is 31.9 Å². The number of aromatic nitrogens is 1. The summed E-state index contributed by atoms with van der Waals surface area (Å²) in [6, 6.07) is 23.2. The van der Waals surface area contributed by atoms with E-state index in [-0.39, 0.29) is 31.1 Å². The highest BCUT2D eigenvalue weighted by Crippen LogP contribution is 2.44. The maximum absolute atomic E-state index is 13.5. The Balaban J connectivity index is 1.73. The molecule has 1 aromatic heterocycles. The van der Waals surface area contributed by atoms with E-state index in [9.17, 15) is 9.90 Å². The van der Waals surface area contributed by atoms with Gasteiger partial charge >= 0.3 is 5.97 Å². The topological polar surface area (TPSA) is 51.5 Å². The monoisotopic (exact) mass is 613 g/mol. The molecule has 0 aliphatic carbocycles. The highest BCUT2D eigenvalue weighted by Gasteiger charge is 2.39. The number of carbonyl (C=O) groups is 1. The largest absolute Gasteiger partial charge is 0.463 e. The van der Waals surface area contributed by atoms with Gasteiger partial charge in [0.1, 0.15) is 6.61 Å². The fourth-order valence-corrected chi connectivity index (χ4v) is 6.95. The van der Waals surface area contributed by atoms with Crippen molar-refractivity contribution in [2.45, 2.75) is 52.0 Å². The molecular weight excluding hydrogens is 582 g/mol. The first kappa shape index (κ1) is 26.9. The molecule has 1 N–H and O–H groups in total. The SMILES string of the molecule is CCC(CC(C)(CC(C)n1c2ccccc2c2ccccc21)C(=O)OCCO)c1ccc(Br)cc1Br.